The van der Waals surface area contributed by atoms with Crippen molar-refractivity contribution in [3.8, 4) is 0 Å². The third-order valence-electron chi connectivity index (χ3n) is 6.11. The van der Waals surface area contributed by atoms with Gasteiger partial charge >= 0.3 is 0 Å². The van der Waals surface area contributed by atoms with Gasteiger partial charge in [-0.2, -0.15) is 5.10 Å². The largest absolute Gasteiger partial charge is 0.313 e. The summed E-state index contributed by atoms with van der Waals surface area (Å²) in [5.41, 5.74) is 5.29. The number of unbranched alkanes of at least 4 members (excludes halogenated alkanes) is 1. The number of hydrogen-bond donors (Lipinski definition) is 1. The molecule has 1 aromatic heterocycles. The zero-order valence-electron chi connectivity index (χ0n) is 17.4. The van der Waals surface area contributed by atoms with Crippen LogP contribution < -0.4 is 5.32 Å². The van der Waals surface area contributed by atoms with Crippen molar-refractivity contribution in [1.82, 2.24) is 20.0 Å². The average Bonchev–Trinajstić information content (AvgIpc) is 2.92. The van der Waals surface area contributed by atoms with Crippen LogP contribution in [0.2, 0.25) is 0 Å². The normalized spacial score (nSPS) is 16.1. The second-order valence-electron chi connectivity index (χ2n) is 8.13. The molecule has 3 rings (SSSR count). The Morgan fingerprint density at radius 1 is 1.07 bits per heavy atom. The molecule has 1 fully saturated rings. The van der Waals surface area contributed by atoms with Crippen LogP contribution >= 0.6 is 0 Å². The van der Waals surface area contributed by atoms with E-state index in [9.17, 15) is 0 Å². The van der Waals surface area contributed by atoms with Crippen molar-refractivity contribution in [2.75, 3.05) is 26.2 Å². The highest BCUT2D eigenvalue weighted by atomic mass is 15.3. The second kappa shape index (κ2) is 10.0. The van der Waals surface area contributed by atoms with Crippen molar-refractivity contribution in [2.24, 2.45) is 13.0 Å². The van der Waals surface area contributed by atoms with Crippen LogP contribution in [0.1, 0.15) is 48.2 Å². The average molecular weight is 369 g/mol. The number of nitrogens with one attached hydrogen (secondary N) is 1. The summed E-state index contributed by atoms with van der Waals surface area (Å²) >= 11 is 0. The van der Waals surface area contributed by atoms with Gasteiger partial charge in [0.1, 0.15) is 0 Å². The van der Waals surface area contributed by atoms with Gasteiger partial charge in [0, 0.05) is 24.8 Å². The lowest BCUT2D eigenvalue weighted by atomic mass is 9.90. The van der Waals surface area contributed by atoms with E-state index in [0.29, 0.717) is 0 Å². The molecule has 0 bridgehead atoms. The predicted octanol–water partition coefficient (Wildman–Crippen LogP) is 3.86. The molecule has 0 unspecified atom stereocenters. The molecule has 1 N–H and O–H groups in total. The van der Waals surface area contributed by atoms with Crippen LogP contribution in [0, 0.1) is 19.8 Å². The number of aromatic nitrogens is 2. The van der Waals surface area contributed by atoms with Crippen LogP contribution in [0.15, 0.2) is 30.3 Å². The summed E-state index contributed by atoms with van der Waals surface area (Å²) in [4.78, 5) is 2.66. The molecule has 4 heteroatoms. The molecule has 0 saturated carbocycles. The van der Waals surface area contributed by atoms with E-state index in [4.69, 9.17) is 0 Å². The first-order chi connectivity index (χ1) is 13.1. The molecule has 2 aromatic rings. The van der Waals surface area contributed by atoms with Crippen LogP contribution in [-0.4, -0.2) is 40.9 Å². The van der Waals surface area contributed by atoms with Gasteiger partial charge in [0.25, 0.3) is 0 Å². The minimum Gasteiger partial charge on any atom is -0.313 e. The lowest BCUT2D eigenvalue weighted by Crippen LogP contribution is -2.35. The van der Waals surface area contributed by atoms with E-state index >= 15 is 0 Å². The molecule has 1 saturated heterocycles. The van der Waals surface area contributed by atoms with Crippen molar-refractivity contribution in [2.45, 2.75) is 52.5 Å². The maximum atomic E-state index is 4.49. The maximum Gasteiger partial charge on any atom is 0.0641 e. The Kier molecular flexibility index (Phi) is 7.48. The molecule has 148 valence electrons. The fourth-order valence-corrected chi connectivity index (χ4v) is 4.23. The number of piperidine rings is 1. The molecule has 1 aliphatic heterocycles. The molecule has 0 radical (unpaired) electrons. The number of hydrogen-bond acceptors (Lipinski definition) is 3. The second-order valence-corrected chi connectivity index (χ2v) is 8.13. The first-order valence-corrected chi connectivity index (χ1v) is 10.6. The molecule has 0 amide bonds. The van der Waals surface area contributed by atoms with Gasteiger partial charge in [-0.1, -0.05) is 30.3 Å². The van der Waals surface area contributed by atoms with Crippen LogP contribution in [0.4, 0.5) is 0 Å². The lowest BCUT2D eigenvalue weighted by molar-refractivity contribution is 0.181. The van der Waals surface area contributed by atoms with Gasteiger partial charge in [-0.05, 0) is 83.6 Å². The Bertz CT molecular complexity index is 684. The summed E-state index contributed by atoms with van der Waals surface area (Å²) in [6, 6.07) is 11.0. The van der Waals surface area contributed by atoms with E-state index in [-0.39, 0.29) is 0 Å². The fourth-order valence-electron chi connectivity index (χ4n) is 4.23. The Balaban J connectivity index is 1.25. The molecule has 0 aliphatic carbocycles. The fraction of sp³-hybridized carbons (Fsp3) is 0.609. The highest BCUT2D eigenvalue weighted by molar-refractivity contribution is 5.23. The van der Waals surface area contributed by atoms with Gasteiger partial charge in [-0.3, -0.25) is 4.68 Å². The first kappa shape index (κ1) is 20.1. The Labute approximate surface area is 165 Å². The summed E-state index contributed by atoms with van der Waals surface area (Å²) < 4.78 is 1.98. The SMILES string of the molecule is Cc1nn(C)c(C)c1CNCCCCN1CCC(Cc2ccccc2)CC1. The number of rotatable bonds is 9. The molecule has 0 spiro atoms. The number of aryl methyl sites for hydroxylation is 2. The van der Waals surface area contributed by atoms with E-state index < -0.39 is 0 Å². The van der Waals surface area contributed by atoms with E-state index in [0.717, 1.165) is 24.7 Å². The van der Waals surface area contributed by atoms with E-state index in [1.54, 1.807) is 0 Å². The third kappa shape index (κ3) is 5.91. The monoisotopic (exact) mass is 368 g/mol. The predicted molar refractivity (Wildman–Crippen MR) is 113 cm³/mol. The standard InChI is InChI=1S/C23H36N4/c1-19-23(20(2)26(3)25-19)18-24-13-7-8-14-27-15-11-22(12-16-27)17-21-9-5-4-6-10-21/h4-6,9-10,22,24H,7-8,11-18H2,1-3H3. The minimum absolute atomic E-state index is 0.872. The molecule has 1 aliphatic rings. The van der Waals surface area contributed by atoms with Gasteiger partial charge in [0.05, 0.1) is 5.69 Å². The minimum atomic E-state index is 0.872. The molecule has 1 aromatic carbocycles. The number of benzene rings is 1. The van der Waals surface area contributed by atoms with Crippen molar-refractivity contribution in [3.05, 3.63) is 52.8 Å². The third-order valence-corrected chi connectivity index (χ3v) is 6.11. The van der Waals surface area contributed by atoms with Gasteiger partial charge in [0.2, 0.25) is 0 Å². The zero-order valence-corrected chi connectivity index (χ0v) is 17.4. The topological polar surface area (TPSA) is 33.1 Å². The van der Waals surface area contributed by atoms with Gasteiger partial charge in [-0.15, -0.1) is 0 Å². The van der Waals surface area contributed by atoms with Gasteiger partial charge in [0.15, 0.2) is 0 Å². The Morgan fingerprint density at radius 3 is 2.48 bits per heavy atom. The van der Waals surface area contributed by atoms with Crippen molar-refractivity contribution in [1.29, 1.82) is 0 Å². The summed E-state index contributed by atoms with van der Waals surface area (Å²) in [6.45, 7) is 10.1. The number of likely N-dealkylation sites (tertiary alicyclic amines) is 1. The highest BCUT2D eigenvalue weighted by Gasteiger charge is 2.18. The summed E-state index contributed by atoms with van der Waals surface area (Å²) in [7, 11) is 2.02. The van der Waals surface area contributed by atoms with E-state index in [1.807, 2.05) is 11.7 Å². The quantitative estimate of drug-likeness (QED) is 0.682. The Hall–Kier alpha value is -1.65. The maximum absolute atomic E-state index is 4.49. The molecular weight excluding hydrogens is 332 g/mol. The smallest absolute Gasteiger partial charge is 0.0641 e. The molecule has 2 heterocycles. The van der Waals surface area contributed by atoms with Gasteiger partial charge in [-0.25, -0.2) is 0 Å². The summed E-state index contributed by atoms with van der Waals surface area (Å²) in [5, 5.41) is 8.09. The van der Waals surface area contributed by atoms with Crippen molar-refractivity contribution < 1.29 is 0 Å². The molecule has 27 heavy (non-hydrogen) atoms. The van der Waals surface area contributed by atoms with Crippen LogP contribution in [0.3, 0.4) is 0 Å². The van der Waals surface area contributed by atoms with Crippen molar-refractivity contribution in [3.63, 3.8) is 0 Å². The zero-order chi connectivity index (χ0) is 19.1. The van der Waals surface area contributed by atoms with Crippen LogP contribution in [0.5, 0.6) is 0 Å². The molecular formula is C23H36N4. The van der Waals surface area contributed by atoms with E-state index in [2.05, 4.69) is 59.5 Å². The van der Waals surface area contributed by atoms with Gasteiger partial charge < -0.3 is 10.2 Å². The van der Waals surface area contributed by atoms with Crippen LogP contribution in [0.25, 0.3) is 0 Å². The van der Waals surface area contributed by atoms with Crippen molar-refractivity contribution >= 4 is 0 Å². The first-order valence-electron chi connectivity index (χ1n) is 10.6. The number of nitrogens with zero attached hydrogens (tertiary/aromatic N) is 3. The summed E-state index contributed by atoms with van der Waals surface area (Å²) in [6.07, 6.45) is 6.51. The van der Waals surface area contributed by atoms with E-state index in [1.165, 1.54) is 68.6 Å². The molecule has 4 nitrogen and oxygen atoms in total. The highest BCUT2D eigenvalue weighted by Crippen LogP contribution is 2.21. The van der Waals surface area contributed by atoms with Crippen LogP contribution in [-0.2, 0) is 20.0 Å². The lowest BCUT2D eigenvalue weighted by Gasteiger charge is -2.32. The Morgan fingerprint density at radius 2 is 1.81 bits per heavy atom. The molecule has 0 atom stereocenters. The summed E-state index contributed by atoms with van der Waals surface area (Å²) in [5.74, 6) is 0.872.